The Bertz CT molecular complexity index is 260. The van der Waals surface area contributed by atoms with Gasteiger partial charge in [-0.1, -0.05) is 11.6 Å². The Morgan fingerprint density at radius 3 is 2.57 bits per heavy atom. The Morgan fingerprint density at radius 1 is 1.43 bits per heavy atom. The van der Waals surface area contributed by atoms with E-state index in [1.54, 1.807) is 0 Å². The second-order valence-corrected chi connectivity index (χ2v) is 3.25. The van der Waals surface area contributed by atoms with Crippen molar-refractivity contribution in [1.29, 1.82) is 0 Å². The number of Topliss-reactive ketones (excluding diaryl/α,β-unsaturated/α-hetero) is 1. The third-order valence-corrected chi connectivity index (χ3v) is 2.30. The van der Waals surface area contributed by atoms with Crippen molar-refractivity contribution >= 4 is 11.5 Å². The number of rotatable bonds is 1. The molecule has 0 aromatic heterocycles. The first-order valence-electron chi connectivity index (χ1n) is 4.28. The smallest absolute Gasteiger partial charge is 0.411 e. The second kappa shape index (κ2) is 3.98. The minimum absolute atomic E-state index is 0.0430. The summed E-state index contributed by atoms with van der Waals surface area (Å²) in [5.41, 5.74) is -0.0430. The lowest BCUT2D eigenvalue weighted by atomic mass is 9.84. The predicted octanol–water partition coefficient (Wildman–Crippen LogP) is 2.14. The average molecular weight is 209 g/mol. The van der Waals surface area contributed by atoms with Gasteiger partial charge in [-0.2, -0.15) is 13.2 Å². The van der Waals surface area contributed by atoms with Crippen molar-refractivity contribution in [3.05, 3.63) is 0 Å². The van der Waals surface area contributed by atoms with Crippen molar-refractivity contribution in [2.45, 2.75) is 31.9 Å². The zero-order valence-corrected chi connectivity index (χ0v) is 7.34. The molecular formula is C8H10F3NO2. The summed E-state index contributed by atoms with van der Waals surface area (Å²) < 4.78 is 36.2. The zero-order chi connectivity index (χ0) is 10.8. The van der Waals surface area contributed by atoms with Gasteiger partial charge in [0.15, 0.2) is 0 Å². The Hall–Kier alpha value is -1.07. The predicted molar refractivity (Wildman–Crippen MR) is 42.2 cm³/mol. The highest BCUT2D eigenvalue weighted by Gasteiger charge is 2.45. The molecule has 80 valence electrons. The van der Waals surface area contributed by atoms with Crippen LogP contribution in [0.2, 0.25) is 0 Å². The molecule has 0 aromatic rings. The maximum Gasteiger partial charge on any atom is 0.450 e. The van der Waals surface area contributed by atoms with Gasteiger partial charge in [0.05, 0.1) is 11.6 Å². The fourth-order valence-electron chi connectivity index (χ4n) is 1.60. The molecule has 1 N–H and O–H groups in total. The van der Waals surface area contributed by atoms with Crippen molar-refractivity contribution in [2.75, 3.05) is 0 Å². The van der Waals surface area contributed by atoms with E-state index >= 15 is 0 Å². The fourth-order valence-corrected chi connectivity index (χ4v) is 1.60. The van der Waals surface area contributed by atoms with Crippen LogP contribution >= 0.6 is 0 Å². The second-order valence-electron chi connectivity index (χ2n) is 3.25. The van der Waals surface area contributed by atoms with E-state index < -0.39 is 17.9 Å². The van der Waals surface area contributed by atoms with Gasteiger partial charge in [-0.15, -0.1) is 0 Å². The molecule has 1 unspecified atom stereocenters. The highest BCUT2D eigenvalue weighted by molar-refractivity contribution is 6.07. The number of hydrogen-bond acceptors (Lipinski definition) is 3. The number of hydrogen-bond donors (Lipinski definition) is 1. The third kappa shape index (κ3) is 2.24. The van der Waals surface area contributed by atoms with Crippen molar-refractivity contribution < 1.29 is 23.2 Å². The van der Waals surface area contributed by atoms with Gasteiger partial charge in [-0.25, -0.2) is 0 Å². The van der Waals surface area contributed by atoms with E-state index in [1.807, 2.05) is 0 Å². The first kappa shape index (κ1) is 11.0. The molecule has 6 heteroatoms. The molecule has 1 saturated carbocycles. The Morgan fingerprint density at radius 2 is 2.07 bits per heavy atom. The van der Waals surface area contributed by atoms with Gasteiger partial charge in [-0.3, -0.25) is 4.79 Å². The lowest BCUT2D eigenvalue weighted by molar-refractivity contribution is -0.173. The van der Waals surface area contributed by atoms with E-state index in [0.29, 0.717) is 12.8 Å². The van der Waals surface area contributed by atoms with Crippen molar-refractivity contribution in [1.82, 2.24) is 0 Å². The van der Waals surface area contributed by atoms with Crippen LogP contribution in [0.15, 0.2) is 5.16 Å². The lowest BCUT2D eigenvalue weighted by Crippen LogP contribution is -2.37. The third-order valence-electron chi connectivity index (χ3n) is 2.30. The van der Waals surface area contributed by atoms with Gasteiger partial charge in [0.2, 0.25) is 5.78 Å². The topological polar surface area (TPSA) is 49.7 Å². The van der Waals surface area contributed by atoms with E-state index in [2.05, 4.69) is 5.16 Å². The van der Waals surface area contributed by atoms with Crippen LogP contribution in [0, 0.1) is 5.92 Å². The highest BCUT2D eigenvalue weighted by atomic mass is 19.4. The minimum Gasteiger partial charge on any atom is -0.411 e. The molecule has 1 aliphatic carbocycles. The normalized spacial score (nSPS) is 26.5. The first-order chi connectivity index (χ1) is 6.46. The van der Waals surface area contributed by atoms with E-state index in [-0.39, 0.29) is 18.6 Å². The van der Waals surface area contributed by atoms with E-state index in [1.165, 1.54) is 0 Å². The van der Waals surface area contributed by atoms with Gasteiger partial charge < -0.3 is 5.21 Å². The summed E-state index contributed by atoms with van der Waals surface area (Å²) in [6.07, 6.45) is -3.22. The zero-order valence-electron chi connectivity index (χ0n) is 7.34. The summed E-state index contributed by atoms with van der Waals surface area (Å²) in [7, 11) is 0. The number of halogens is 3. The highest BCUT2D eigenvalue weighted by Crippen LogP contribution is 2.29. The molecule has 0 heterocycles. The molecule has 0 bridgehead atoms. The van der Waals surface area contributed by atoms with Gasteiger partial charge >= 0.3 is 6.18 Å². The number of alkyl halides is 3. The van der Waals surface area contributed by atoms with Gasteiger partial charge in [0.25, 0.3) is 0 Å². The molecule has 0 amide bonds. The largest absolute Gasteiger partial charge is 0.450 e. The van der Waals surface area contributed by atoms with Crippen LogP contribution in [0.25, 0.3) is 0 Å². The average Bonchev–Trinajstić information content (AvgIpc) is 2.15. The van der Waals surface area contributed by atoms with Crippen molar-refractivity contribution in [3.8, 4) is 0 Å². The van der Waals surface area contributed by atoms with Crippen LogP contribution in [0.1, 0.15) is 25.7 Å². The quantitative estimate of drug-likeness (QED) is 0.531. The molecule has 1 fully saturated rings. The SMILES string of the molecule is O=C(C1CCCCC1=NO)C(F)(F)F. The molecule has 0 radical (unpaired) electrons. The molecule has 0 spiro atoms. The number of nitrogens with zero attached hydrogens (tertiary/aromatic N) is 1. The van der Waals surface area contributed by atoms with E-state index in [4.69, 9.17) is 5.21 Å². The monoisotopic (exact) mass is 209 g/mol. The summed E-state index contributed by atoms with van der Waals surface area (Å²) in [4.78, 5) is 10.9. The molecule has 14 heavy (non-hydrogen) atoms. The molecule has 3 nitrogen and oxygen atoms in total. The van der Waals surface area contributed by atoms with Crippen LogP contribution in [-0.4, -0.2) is 22.9 Å². The van der Waals surface area contributed by atoms with E-state index in [0.717, 1.165) is 0 Å². The lowest BCUT2D eigenvalue weighted by Gasteiger charge is -2.22. The Kier molecular flexibility index (Phi) is 3.13. The van der Waals surface area contributed by atoms with Gasteiger partial charge in [0.1, 0.15) is 0 Å². The molecule has 0 aromatic carbocycles. The summed E-state index contributed by atoms with van der Waals surface area (Å²) in [6.45, 7) is 0. The summed E-state index contributed by atoms with van der Waals surface area (Å²) >= 11 is 0. The van der Waals surface area contributed by atoms with Crippen LogP contribution < -0.4 is 0 Å². The molecule has 1 rings (SSSR count). The molecule has 1 atom stereocenters. The van der Waals surface area contributed by atoms with Gasteiger partial charge in [-0.05, 0) is 19.3 Å². The summed E-state index contributed by atoms with van der Waals surface area (Å²) in [5.74, 6) is -3.07. The molecule has 0 saturated heterocycles. The number of ketones is 1. The fraction of sp³-hybridized carbons (Fsp3) is 0.750. The van der Waals surface area contributed by atoms with Crippen LogP contribution in [-0.2, 0) is 4.79 Å². The van der Waals surface area contributed by atoms with Crippen LogP contribution in [0.4, 0.5) is 13.2 Å². The molecular weight excluding hydrogens is 199 g/mol. The standard InChI is InChI=1S/C8H10F3NO2/c9-8(10,11)7(13)5-3-1-2-4-6(5)12-14/h5,14H,1-4H2. The molecule has 0 aliphatic heterocycles. The molecule has 1 aliphatic rings. The van der Waals surface area contributed by atoms with Crippen molar-refractivity contribution in [3.63, 3.8) is 0 Å². The van der Waals surface area contributed by atoms with Gasteiger partial charge in [0, 0.05) is 0 Å². The maximum absolute atomic E-state index is 12.1. The number of carbonyl (C=O) groups is 1. The Balaban J connectivity index is 2.80. The number of carbonyl (C=O) groups excluding carboxylic acids is 1. The van der Waals surface area contributed by atoms with Crippen molar-refractivity contribution in [2.24, 2.45) is 11.1 Å². The number of oxime groups is 1. The summed E-state index contributed by atoms with van der Waals surface area (Å²) in [5, 5.41) is 11.2. The first-order valence-corrected chi connectivity index (χ1v) is 4.28. The summed E-state index contributed by atoms with van der Waals surface area (Å²) in [6, 6.07) is 0. The van der Waals surface area contributed by atoms with Crippen LogP contribution in [0.3, 0.4) is 0 Å². The van der Waals surface area contributed by atoms with E-state index in [9.17, 15) is 18.0 Å². The minimum atomic E-state index is -4.84. The van der Waals surface area contributed by atoms with Crippen LogP contribution in [0.5, 0.6) is 0 Å². The maximum atomic E-state index is 12.1. The Labute approximate surface area is 78.6 Å².